The van der Waals surface area contributed by atoms with Gasteiger partial charge in [0, 0.05) is 23.7 Å². The maximum absolute atomic E-state index is 5.26. The number of aromatic nitrogens is 1. The van der Waals surface area contributed by atoms with Crippen molar-refractivity contribution in [3.8, 4) is 5.75 Å². The summed E-state index contributed by atoms with van der Waals surface area (Å²) in [5, 5.41) is 0. The third kappa shape index (κ3) is 2.50. The largest absolute Gasteiger partial charge is 0.497 e. The second kappa shape index (κ2) is 5.69. The first kappa shape index (κ1) is 13.7. The van der Waals surface area contributed by atoms with Crippen LogP contribution in [0, 0.1) is 0 Å². The molecule has 2 aromatic carbocycles. The van der Waals surface area contributed by atoms with Crippen molar-refractivity contribution in [2.45, 2.75) is 6.42 Å². The number of benzene rings is 2. The molecule has 4 rings (SSSR count). The lowest BCUT2D eigenvalue weighted by atomic mass is 9.96. The molecule has 1 aromatic heterocycles. The molecular formula is C20H16N2O. The van der Waals surface area contributed by atoms with E-state index in [-0.39, 0.29) is 0 Å². The maximum Gasteiger partial charge on any atom is 0.118 e. The van der Waals surface area contributed by atoms with Crippen molar-refractivity contribution in [1.82, 2.24) is 4.98 Å². The molecule has 0 saturated heterocycles. The smallest absolute Gasteiger partial charge is 0.118 e. The lowest BCUT2D eigenvalue weighted by molar-refractivity contribution is 0.415. The number of hydrogen-bond donors (Lipinski definition) is 0. The topological polar surface area (TPSA) is 34.5 Å². The summed E-state index contributed by atoms with van der Waals surface area (Å²) in [7, 11) is 1.68. The lowest BCUT2D eigenvalue weighted by Crippen LogP contribution is -2.05. The van der Waals surface area contributed by atoms with Gasteiger partial charge < -0.3 is 4.74 Å². The first-order valence-corrected chi connectivity index (χ1v) is 7.60. The Bertz CT molecular complexity index is 882. The molecule has 0 amide bonds. The van der Waals surface area contributed by atoms with Crippen molar-refractivity contribution >= 4 is 11.4 Å². The molecule has 1 aliphatic rings. The van der Waals surface area contributed by atoms with E-state index >= 15 is 0 Å². The zero-order valence-corrected chi connectivity index (χ0v) is 12.9. The summed E-state index contributed by atoms with van der Waals surface area (Å²) in [6, 6.07) is 20.4. The van der Waals surface area contributed by atoms with E-state index in [0.717, 1.165) is 40.4 Å². The lowest BCUT2D eigenvalue weighted by Gasteiger charge is -2.10. The number of hydrogen-bond acceptors (Lipinski definition) is 3. The number of fused-ring (bicyclic) bond motifs is 2. The Morgan fingerprint density at radius 2 is 1.74 bits per heavy atom. The van der Waals surface area contributed by atoms with E-state index in [9.17, 15) is 0 Å². The van der Waals surface area contributed by atoms with Crippen molar-refractivity contribution in [3.63, 3.8) is 0 Å². The molecule has 0 N–H and O–H groups in total. The number of ether oxygens (including phenoxy) is 1. The van der Waals surface area contributed by atoms with Crippen LogP contribution in [0.4, 0.5) is 5.69 Å². The third-order valence-electron chi connectivity index (χ3n) is 4.09. The first-order valence-electron chi connectivity index (χ1n) is 7.60. The van der Waals surface area contributed by atoms with E-state index < -0.39 is 0 Å². The molecule has 0 fully saturated rings. The minimum atomic E-state index is 0.801. The summed E-state index contributed by atoms with van der Waals surface area (Å²) < 4.78 is 5.26. The summed E-state index contributed by atoms with van der Waals surface area (Å²) in [6.45, 7) is 0. The summed E-state index contributed by atoms with van der Waals surface area (Å²) in [6.07, 6.45) is 2.63. The van der Waals surface area contributed by atoms with Crippen LogP contribution in [-0.4, -0.2) is 17.8 Å². The van der Waals surface area contributed by atoms with E-state index in [2.05, 4.69) is 41.4 Å². The van der Waals surface area contributed by atoms with Gasteiger partial charge in [0.15, 0.2) is 0 Å². The van der Waals surface area contributed by atoms with Gasteiger partial charge in [0.2, 0.25) is 0 Å². The van der Waals surface area contributed by atoms with Gasteiger partial charge in [-0.25, -0.2) is 4.99 Å². The summed E-state index contributed by atoms with van der Waals surface area (Å²) in [5.74, 6) is 0.846. The zero-order chi connectivity index (χ0) is 15.6. The first-order chi connectivity index (χ1) is 11.3. The minimum Gasteiger partial charge on any atom is -0.497 e. The van der Waals surface area contributed by atoms with Crippen LogP contribution in [0.5, 0.6) is 5.75 Å². The highest BCUT2D eigenvalue weighted by atomic mass is 16.5. The molecule has 0 aliphatic carbocycles. The van der Waals surface area contributed by atoms with Gasteiger partial charge in [-0.05, 0) is 42.0 Å². The Morgan fingerprint density at radius 3 is 2.57 bits per heavy atom. The fourth-order valence-corrected chi connectivity index (χ4v) is 2.90. The Balaban J connectivity index is 1.93. The van der Waals surface area contributed by atoms with Gasteiger partial charge >= 0.3 is 0 Å². The van der Waals surface area contributed by atoms with Gasteiger partial charge in [-0.1, -0.05) is 24.3 Å². The third-order valence-corrected chi connectivity index (χ3v) is 4.09. The SMILES string of the molecule is COc1ccc(C2=Nc3cccnc3Cc3ccccc32)cc1. The van der Waals surface area contributed by atoms with E-state index in [1.165, 1.54) is 5.56 Å². The number of pyridine rings is 1. The van der Waals surface area contributed by atoms with E-state index in [0.29, 0.717) is 0 Å². The molecule has 2 heterocycles. The van der Waals surface area contributed by atoms with Crippen LogP contribution >= 0.6 is 0 Å². The molecule has 23 heavy (non-hydrogen) atoms. The highest BCUT2D eigenvalue weighted by molar-refractivity contribution is 6.15. The van der Waals surface area contributed by atoms with E-state index in [1.54, 1.807) is 7.11 Å². The summed E-state index contributed by atoms with van der Waals surface area (Å²) >= 11 is 0. The highest BCUT2D eigenvalue weighted by Gasteiger charge is 2.18. The quantitative estimate of drug-likeness (QED) is 0.557. The monoisotopic (exact) mass is 300 g/mol. The molecular weight excluding hydrogens is 284 g/mol. The molecule has 0 atom stereocenters. The molecule has 0 saturated carbocycles. The van der Waals surface area contributed by atoms with Crippen LogP contribution < -0.4 is 4.74 Å². The van der Waals surface area contributed by atoms with Gasteiger partial charge in [0.05, 0.1) is 24.2 Å². The van der Waals surface area contributed by atoms with Crippen LogP contribution in [0.25, 0.3) is 0 Å². The van der Waals surface area contributed by atoms with Crippen molar-refractivity contribution in [1.29, 1.82) is 0 Å². The number of nitrogens with zero attached hydrogens (tertiary/aromatic N) is 2. The van der Waals surface area contributed by atoms with Gasteiger partial charge in [0.25, 0.3) is 0 Å². The second-order valence-electron chi connectivity index (χ2n) is 5.49. The van der Waals surface area contributed by atoms with Crippen molar-refractivity contribution in [2.75, 3.05) is 7.11 Å². The molecule has 0 radical (unpaired) electrons. The fourth-order valence-electron chi connectivity index (χ4n) is 2.90. The molecule has 0 unspecified atom stereocenters. The molecule has 0 spiro atoms. The fraction of sp³-hybridized carbons (Fsp3) is 0.100. The van der Waals surface area contributed by atoms with Crippen LogP contribution in [-0.2, 0) is 6.42 Å². The molecule has 1 aliphatic heterocycles. The number of rotatable bonds is 2. The van der Waals surface area contributed by atoms with Gasteiger partial charge in [0.1, 0.15) is 5.75 Å². The molecule has 0 bridgehead atoms. The minimum absolute atomic E-state index is 0.801. The van der Waals surface area contributed by atoms with Crippen LogP contribution in [0.15, 0.2) is 71.9 Å². The average molecular weight is 300 g/mol. The van der Waals surface area contributed by atoms with Crippen molar-refractivity contribution in [3.05, 3.63) is 89.2 Å². The van der Waals surface area contributed by atoms with Crippen LogP contribution in [0.3, 0.4) is 0 Å². The normalized spacial score (nSPS) is 12.7. The van der Waals surface area contributed by atoms with Gasteiger partial charge in [-0.3, -0.25) is 4.98 Å². The Hall–Kier alpha value is -2.94. The predicted octanol–water partition coefficient (Wildman–Crippen LogP) is 4.16. The van der Waals surface area contributed by atoms with Gasteiger partial charge in [-0.15, -0.1) is 0 Å². The van der Waals surface area contributed by atoms with Crippen molar-refractivity contribution in [2.24, 2.45) is 4.99 Å². The summed E-state index contributed by atoms with van der Waals surface area (Å²) in [5.41, 5.74) is 6.43. The summed E-state index contributed by atoms with van der Waals surface area (Å²) in [4.78, 5) is 9.43. The van der Waals surface area contributed by atoms with Crippen molar-refractivity contribution < 1.29 is 4.74 Å². The van der Waals surface area contributed by atoms with E-state index in [1.807, 2.05) is 30.5 Å². The number of methoxy groups -OCH3 is 1. The highest BCUT2D eigenvalue weighted by Crippen LogP contribution is 2.29. The van der Waals surface area contributed by atoms with Crippen LogP contribution in [0.2, 0.25) is 0 Å². The Labute approximate surface area is 135 Å². The average Bonchev–Trinajstić information content (AvgIpc) is 2.78. The van der Waals surface area contributed by atoms with Crippen LogP contribution in [0.1, 0.15) is 22.4 Å². The molecule has 3 aromatic rings. The molecule has 112 valence electrons. The maximum atomic E-state index is 5.26. The second-order valence-corrected chi connectivity index (χ2v) is 5.49. The zero-order valence-electron chi connectivity index (χ0n) is 12.9. The standard InChI is InChI=1S/C20H16N2O/c1-23-16-10-8-14(9-11-16)20-17-6-3-2-5-15(17)13-19-18(22-20)7-4-12-21-19/h2-12H,13H2,1H3. The van der Waals surface area contributed by atoms with E-state index in [4.69, 9.17) is 9.73 Å². The Kier molecular flexibility index (Phi) is 3.39. The molecule has 3 nitrogen and oxygen atoms in total. The number of aliphatic imine (C=N–C) groups is 1. The Morgan fingerprint density at radius 1 is 0.913 bits per heavy atom. The van der Waals surface area contributed by atoms with Gasteiger partial charge in [-0.2, -0.15) is 0 Å². The molecule has 3 heteroatoms. The predicted molar refractivity (Wildman–Crippen MR) is 91.8 cm³/mol.